The number of aromatic nitrogens is 1. The molecule has 3 heteroatoms. The predicted octanol–water partition coefficient (Wildman–Crippen LogP) is 2.45. The molecule has 0 N–H and O–H groups in total. The van der Waals surface area contributed by atoms with E-state index >= 15 is 0 Å². The normalized spacial score (nSPS) is 15.4. The summed E-state index contributed by atoms with van der Waals surface area (Å²) in [6, 6.07) is 13.0. The van der Waals surface area contributed by atoms with Crippen molar-refractivity contribution in [3.63, 3.8) is 0 Å². The lowest BCUT2D eigenvalue weighted by atomic mass is 10.1. The summed E-state index contributed by atoms with van der Waals surface area (Å²) in [4.78, 5) is 4.99. The van der Waals surface area contributed by atoms with Crippen LogP contribution in [0.1, 0.15) is 11.1 Å². The van der Waals surface area contributed by atoms with Crippen LogP contribution >= 0.6 is 0 Å². The zero-order valence-corrected chi connectivity index (χ0v) is 13.2. The first-order valence-corrected chi connectivity index (χ1v) is 7.67. The Labute approximate surface area is 127 Å². The maximum Gasteiger partial charge on any atom is 0.276 e. The molecule has 3 rings (SSSR count). The van der Waals surface area contributed by atoms with Crippen LogP contribution < -0.4 is 14.4 Å². The maximum atomic E-state index is 2.52. The highest BCUT2D eigenvalue weighted by atomic mass is 15.3. The zero-order chi connectivity index (χ0) is 14.8. The smallest absolute Gasteiger partial charge is 0.276 e. The Balaban J connectivity index is 1.74. The zero-order valence-electron chi connectivity index (χ0n) is 13.2. The van der Waals surface area contributed by atoms with Crippen LogP contribution in [0.2, 0.25) is 0 Å². The van der Waals surface area contributed by atoms with Crippen LogP contribution in [0.15, 0.2) is 42.6 Å². The Morgan fingerprint density at radius 2 is 1.57 bits per heavy atom. The SMILES string of the molecule is Cc1cccc(N2CCN(c3cccc[n+]3C)CC2)c1C. The number of piperazine rings is 1. The molecule has 0 aliphatic carbocycles. The summed E-state index contributed by atoms with van der Waals surface area (Å²) in [7, 11) is 2.12. The second-order valence-corrected chi connectivity index (χ2v) is 5.86. The summed E-state index contributed by atoms with van der Waals surface area (Å²) in [5.41, 5.74) is 4.19. The van der Waals surface area contributed by atoms with Crippen LogP contribution in [-0.4, -0.2) is 26.2 Å². The third kappa shape index (κ3) is 2.73. The molecule has 3 nitrogen and oxygen atoms in total. The van der Waals surface area contributed by atoms with E-state index in [1.807, 2.05) is 0 Å². The first-order valence-electron chi connectivity index (χ1n) is 7.67. The van der Waals surface area contributed by atoms with E-state index in [1.54, 1.807) is 0 Å². The Morgan fingerprint density at radius 1 is 0.857 bits per heavy atom. The van der Waals surface area contributed by atoms with Gasteiger partial charge >= 0.3 is 0 Å². The van der Waals surface area contributed by atoms with Crippen LogP contribution in [0, 0.1) is 13.8 Å². The number of hydrogen-bond donors (Lipinski definition) is 0. The quantitative estimate of drug-likeness (QED) is 0.783. The molecule has 1 aromatic carbocycles. The van der Waals surface area contributed by atoms with Crippen molar-refractivity contribution in [1.82, 2.24) is 0 Å². The molecule has 2 aromatic rings. The maximum absolute atomic E-state index is 2.52. The molecule has 21 heavy (non-hydrogen) atoms. The van der Waals surface area contributed by atoms with Gasteiger partial charge in [-0.05, 0) is 37.1 Å². The summed E-state index contributed by atoms with van der Waals surface area (Å²) in [5.74, 6) is 1.30. The minimum atomic E-state index is 1.07. The van der Waals surface area contributed by atoms with Crippen molar-refractivity contribution >= 4 is 11.5 Å². The lowest BCUT2D eigenvalue weighted by Gasteiger charge is -2.34. The highest BCUT2D eigenvalue weighted by Crippen LogP contribution is 2.24. The van der Waals surface area contributed by atoms with Crippen LogP contribution in [0.25, 0.3) is 0 Å². The molecule has 1 fully saturated rings. The number of pyridine rings is 1. The molecule has 1 saturated heterocycles. The summed E-state index contributed by atoms with van der Waals surface area (Å²) in [6.45, 7) is 8.74. The van der Waals surface area contributed by atoms with Gasteiger partial charge in [-0.1, -0.05) is 18.2 Å². The second-order valence-electron chi connectivity index (χ2n) is 5.86. The minimum absolute atomic E-state index is 1.07. The molecule has 0 unspecified atom stereocenters. The molecular formula is C18H24N3+. The second kappa shape index (κ2) is 5.76. The summed E-state index contributed by atoms with van der Waals surface area (Å²) < 4.78 is 2.20. The van der Waals surface area contributed by atoms with E-state index in [0.29, 0.717) is 0 Å². The number of hydrogen-bond acceptors (Lipinski definition) is 2. The van der Waals surface area contributed by atoms with E-state index in [0.717, 1.165) is 26.2 Å². The molecule has 0 spiro atoms. The van der Waals surface area contributed by atoms with Crippen molar-refractivity contribution in [1.29, 1.82) is 0 Å². The minimum Gasteiger partial charge on any atom is -0.363 e. The Bertz CT molecular complexity index is 628. The summed E-state index contributed by atoms with van der Waals surface area (Å²) in [6.07, 6.45) is 2.12. The van der Waals surface area contributed by atoms with Crippen molar-refractivity contribution < 1.29 is 4.57 Å². The molecule has 0 saturated carbocycles. The van der Waals surface area contributed by atoms with Gasteiger partial charge in [0, 0.05) is 11.8 Å². The molecule has 1 aliphatic heterocycles. The first kappa shape index (κ1) is 13.9. The Morgan fingerprint density at radius 3 is 2.29 bits per heavy atom. The number of benzene rings is 1. The van der Waals surface area contributed by atoms with Crippen LogP contribution in [0.3, 0.4) is 0 Å². The molecular weight excluding hydrogens is 258 g/mol. The van der Waals surface area contributed by atoms with E-state index in [-0.39, 0.29) is 0 Å². The lowest BCUT2D eigenvalue weighted by molar-refractivity contribution is -0.659. The number of rotatable bonds is 2. The van der Waals surface area contributed by atoms with Crippen LogP contribution in [-0.2, 0) is 7.05 Å². The topological polar surface area (TPSA) is 10.4 Å². The van der Waals surface area contributed by atoms with Gasteiger partial charge in [0.25, 0.3) is 5.82 Å². The Kier molecular flexibility index (Phi) is 3.82. The Hall–Kier alpha value is -2.03. The van der Waals surface area contributed by atoms with E-state index < -0.39 is 0 Å². The number of anilines is 2. The van der Waals surface area contributed by atoms with Crippen LogP contribution in [0.5, 0.6) is 0 Å². The van der Waals surface area contributed by atoms with Crippen molar-refractivity contribution in [3.05, 3.63) is 53.7 Å². The van der Waals surface area contributed by atoms with Crippen LogP contribution in [0.4, 0.5) is 11.5 Å². The number of nitrogens with zero attached hydrogens (tertiary/aromatic N) is 3. The van der Waals surface area contributed by atoms with E-state index in [1.165, 1.54) is 22.6 Å². The largest absolute Gasteiger partial charge is 0.363 e. The predicted molar refractivity (Wildman–Crippen MR) is 88.0 cm³/mol. The molecule has 0 radical (unpaired) electrons. The molecule has 2 heterocycles. The van der Waals surface area contributed by atoms with Crippen molar-refractivity contribution in [2.24, 2.45) is 7.05 Å². The van der Waals surface area contributed by atoms with Gasteiger partial charge in [-0.3, -0.25) is 4.90 Å². The average molecular weight is 282 g/mol. The van der Waals surface area contributed by atoms with Gasteiger partial charge in [0.15, 0.2) is 0 Å². The lowest BCUT2D eigenvalue weighted by Crippen LogP contribution is -2.50. The van der Waals surface area contributed by atoms with Gasteiger partial charge in [0.2, 0.25) is 0 Å². The van der Waals surface area contributed by atoms with Gasteiger partial charge < -0.3 is 4.90 Å². The molecule has 0 amide bonds. The fourth-order valence-corrected chi connectivity index (χ4v) is 3.10. The van der Waals surface area contributed by atoms with E-state index in [9.17, 15) is 0 Å². The molecule has 0 bridgehead atoms. The third-order valence-electron chi connectivity index (χ3n) is 4.55. The van der Waals surface area contributed by atoms with Gasteiger partial charge in [-0.15, -0.1) is 0 Å². The molecule has 110 valence electrons. The number of aryl methyl sites for hydroxylation is 2. The highest BCUT2D eigenvalue weighted by Gasteiger charge is 2.25. The van der Waals surface area contributed by atoms with Crippen molar-refractivity contribution in [2.45, 2.75) is 13.8 Å². The van der Waals surface area contributed by atoms with E-state index in [2.05, 4.69) is 77.9 Å². The van der Waals surface area contributed by atoms with Gasteiger partial charge in [-0.25, -0.2) is 4.57 Å². The standard InChI is InChI=1S/C18H24N3/c1-15-7-6-8-17(16(15)2)20-11-13-21(14-12-20)18-9-4-5-10-19(18)3/h4-10H,11-14H2,1-3H3/q+1. The molecule has 0 atom stereocenters. The first-order chi connectivity index (χ1) is 10.2. The fraction of sp³-hybridized carbons (Fsp3) is 0.389. The highest BCUT2D eigenvalue weighted by molar-refractivity contribution is 5.57. The summed E-state index contributed by atoms with van der Waals surface area (Å²) >= 11 is 0. The monoisotopic (exact) mass is 282 g/mol. The molecule has 1 aromatic heterocycles. The van der Waals surface area contributed by atoms with Crippen molar-refractivity contribution in [3.8, 4) is 0 Å². The van der Waals surface area contributed by atoms with Gasteiger partial charge in [0.05, 0.1) is 26.3 Å². The molecule has 1 aliphatic rings. The van der Waals surface area contributed by atoms with Gasteiger partial charge in [-0.2, -0.15) is 0 Å². The summed E-state index contributed by atoms with van der Waals surface area (Å²) in [5, 5.41) is 0. The fourth-order valence-electron chi connectivity index (χ4n) is 3.10. The third-order valence-corrected chi connectivity index (χ3v) is 4.55. The van der Waals surface area contributed by atoms with Gasteiger partial charge in [0.1, 0.15) is 13.1 Å². The van der Waals surface area contributed by atoms with Crippen molar-refractivity contribution in [2.75, 3.05) is 36.0 Å². The van der Waals surface area contributed by atoms with E-state index in [4.69, 9.17) is 0 Å². The average Bonchev–Trinajstić information content (AvgIpc) is 2.51.